The molecule has 55 heavy (non-hydrogen) atoms. The summed E-state index contributed by atoms with van der Waals surface area (Å²) in [4.78, 5) is 47.7. The third-order valence-corrected chi connectivity index (χ3v) is 10.7. The summed E-state index contributed by atoms with van der Waals surface area (Å²) in [6.07, 6.45) is 12.0. The first-order valence-corrected chi connectivity index (χ1v) is 20.1. The predicted molar refractivity (Wildman–Crippen MR) is 196 cm³/mol. The molecule has 6 aliphatic rings. The molecular formula is C38H50FeO14S2+2. The Labute approximate surface area is 344 Å². The maximum absolute atomic E-state index is 12.0. The van der Waals surface area contributed by atoms with Gasteiger partial charge in [0.25, 0.3) is 0 Å². The van der Waals surface area contributed by atoms with E-state index in [9.17, 15) is 19.2 Å². The third-order valence-electron chi connectivity index (χ3n) is 8.85. The Morgan fingerprint density at radius 2 is 0.945 bits per heavy atom. The van der Waals surface area contributed by atoms with E-state index in [-0.39, 0.29) is 89.7 Å². The van der Waals surface area contributed by atoms with Gasteiger partial charge in [-0.25, -0.2) is 0 Å². The first-order chi connectivity index (χ1) is 25.8. The van der Waals surface area contributed by atoms with Crippen molar-refractivity contribution in [3.8, 4) is 0 Å². The molecule has 2 aliphatic carbocycles. The van der Waals surface area contributed by atoms with Crippen molar-refractivity contribution in [2.45, 2.75) is 101 Å². The third kappa shape index (κ3) is 13.6. The first kappa shape index (κ1) is 46.9. The molecule has 14 nitrogen and oxygen atoms in total. The van der Waals surface area contributed by atoms with Crippen LogP contribution in [0.5, 0.6) is 0 Å². The normalized spacial score (nSPS) is 32.0. The Morgan fingerprint density at radius 1 is 0.600 bits per heavy atom. The number of thioether (sulfide) groups is 2. The number of carbonyl (C=O) groups is 4. The number of esters is 2. The van der Waals surface area contributed by atoms with Crippen molar-refractivity contribution in [3.63, 3.8) is 0 Å². The molecule has 6 rings (SSSR count). The molecule has 0 amide bonds. The van der Waals surface area contributed by atoms with Crippen molar-refractivity contribution in [1.82, 2.24) is 0 Å². The summed E-state index contributed by atoms with van der Waals surface area (Å²) in [7, 11) is 3.08. The topological polar surface area (TPSA) is 161 Å². The minimum Gasteiger partial charge on any atom is -0.462 e. The molecule has 8 atom stereocenters. The molecule has 0 N–H and O–H groups in total. The van der Waals surface area contributed by atoms with Gasteiger partial charge in [0.1, 0.15) is 61.4 Å². The average Bonchev–Trinajstić information content (AvgIpc) is 3.99. The number of methoxy groups -OCH3 is 2. The summed E-state index contributed by atoms with van der Waals surface area (Å²) in [6.45, 7) is 7.46. The van der Waals surface area contributed by atoms with Crippen molar-refractivity contribution >= 4 is 47.0 Å². The van der Waals surface area contributed by atoms with Crippen LogP contribution in [-0.2, 0) is 83.6 Å². The number of ether oxygens (including phenoxy) is 10. The van der Waals surface area contributed by atoms with Gasteiger partial charge in [0.15, 0.2) is 24.2 Å². The molecule has 0 aromatic heterocycles. The smallest absolute Gasteiger partial charge is 0.462 e. The van der Waals surface area contributed by atoms with Gasteiger partial charge in [-0.3, -0.25) is 19.2 Å². The van der Waals surface area contributed by atoms with Crippen LogP contribution in [0.15, 0.2) is 0 Å². The van der Waals surface area contributed by atoms with Crippen LogP contribution in [0.2, 0.25) is 0 Å². The van der Waals surface area contributed by atoms with Crippen LogP contribution in [-0.4, -0.2) is 135 Å². The zero-order valence-corrected chi connectivity index (χ0v) is 34.5. The number of hydrogen-bond donors (Lipinski definition) is 0. The number of fused-ring (bicyclic) bond motifs is 2. The van der Waals surface area contributed by atoms with E-state index < -0.39 is 36.4 Å². The second-order valence-corrected chi connectivity index (χ2v) is 16.1. The van der Waals surface area contributed by atoms with Crippen LogP contribution >= 0.6 is 23.5 Å². The van der Waals surface area contributed by atoms with Gasteiger partial charge >= 0.3 is 29.0 Å². The summed E-state index contributed by atoms with van der Waals surface area (Å²) in [5.41, 5.74) is 0. The van der Waals surface area contributed by atoms with Gasteiger partial charge in [-0.1, -0.05) is 0 Å². The van der Waals surface area contributed by atoms with Gasteiger partial charge in [-0.05, 0) is 79.1 Å². The number of ketones is 2. The minimum atomic E-state index is -0.720. The van der Waals surface area contributed by atoms with E-state index in [0.29, 0.717) is 36.2 Å². The zero-order valence-electron chi connectivity index (χ0n) is 31.8. The van der Waals surface area contributed by atoms with E-state index >= 15 is 0 Å². The fourth-order valence-electron chi connectivity index (χ4n) is 6.42. The SMILES string of the molecule is CO[C@H]1O[C@H](COC(=O)CSCCC(=O)[C]2[CH][CH][CH][CH]2)[C@@H]2OC(C)(C)O[C@H]12.CO[C@H]1O[C@H](COC(=O)CSCCC(=O)[C]2[CH][CH][CH][CH]2)[C@@H]2OC(C)(C)O[C@H]12.[Fe+2]. The van der Waals surface area contributed by atoms with E-state index in [1.165, 1.54) is 37.7 Å². The number of carbonyl (C=O) groups excluding carboxylic acids is 4. The van der Waals surface area contributed by atoms with E-state index in [1.807, 2.05) is 53.4 Å². The van der Waals surface area contributed by atoms with Gasteiger partial charge in [-0.15, -0.1) is 23.5 Å². The fourth-order valence-corrected chi connectivity index (χ4v) is 7.86. The predicted octanol–water partition coefficient (Wildman–Crippen LogP) is 3.03. The molecule has 0 aromatic carbocycles. The molecule has 0 unspecified atom stereocenters. The Hall–Kier alpha value is -0.821. The average molecular weight is 851 g/mol. The van der Waals surface area contributed by atoms with Crippen molar-refractivity contribution < 1.29 is 83.6 Å². The minimum absolute atomic E-state index is 0. The maximum Gasteiger partial charge on any atom is 2.00 e. The molecule has 4 heterocycles. The molecule has 2 saturated carbocycles. The van der Waals surface area contributed by atoms with Gasteiger partial charge in [0.05, 0.1) is 11.5 Å². The molecule has 10 radical (unpaired) electrons. The van der Waals surface area contributed by atoms with E-state index in [1.54, 1.807) is 25.7 Å². The molecule has 6 fully saturated rings. The standard InChI is InChI=1S/2C19H25O7S.Fe/c2*1-19(2)25-16-14(24-18(22-3)17(16)26-19)10-23-15(21)11-27-9-8-13(20)12-6-4-5-7-12;/h2*4-7,14,16-18H,8-11H2,1-3H3;/q;;+2/t2*14-,16+,17+,18+;/m11./s1. The monoisotopic (exact) mass is 850 g/mol. The first-order valence-electron chi connectivity index (χ1n) is 17.8. The van der Waals surface area contributed by atoms with Crippen molar-refractivity contribution in [2.24, 2.45) is 0 Å². The molecule has 304 valence electrons. The van der Waals surface area contributed by atoms with E-state index in [4.69, 9.17) is 47.4 Å². The van der Waals surface area contributed by atoms with Crippen LogP contribution < -0.4 is 0 Å². The summed E-state index contributed by atoms with van der Waals surface area (Å²) < 4.78 is 55.9. The van der Waals surface area contributed by atoms with Crippen molar-refractivity contribution in [1.29, 1.82) is 0 Å². The molecular weight excluding hydrogens is 800 g/mol. The Kier molecular flexibility index (Phi) is 18.7. The van der Waals surface area contributed by atoms with Crippen LogP contribution in [0.4, 0.5) is 0 Å². The molecule has 4 aliphatic heterocycles. The molecule has 0 aromatic rings. The quantitative estimate of drug-likeness (QED) is 0.112. The second kappa shape index (κ2) is 22.0. The Balaban J connectivity index is 0.000000240. The van der Waals surface area contributed by atoms with Gasteiger partial charge < -0.3 is 47.4 Å². The second-order valence-electron chi connectivity index (χ2n) is 13.9. The van der Waals surface area contributed by atoms with Gasteiger partial charge in [-0.2, -0.15) is 0 Å². The molecule has 0 spiro atoms. The van der Waals surface area contributed by atoms with Crippen LogP contribution in [0.3, 0.4) is 0 Å². The summed E-state index contributed by atoms with van der Waals surface area (Å²) in [5, 5.41) is 0. The number of Topliss-reactive ketones (excluding diaryl/α,β-unsaturated/α-hetero) is 2. The van der Waals surface area contributed by atoms with E-state index in [0.717, 1.165) is 0 Å². The molecule has 17 heteroatoms. The Morgan fingerprint density at radius 3 is 1.29 bits per heavy atom. The van der Waals surface area contributed by atoms with E-state index in [2.05, 4.69) is 0 Å². The maximum atomic E-state index is 12.0. The van der Waals surface area contributed by atoms with Crippen LogP contribution in [0.25, 0.3) is 0 Å². The van der Waals surface area contributed by atoms with Crippen molar-refractivity contribution in [2.75, 3.05) is 50.4 Å². The van der Waals surface area contributed by atoms with Gasteiger partial charge in [0, 0.05) is 50.4 Å². The van der Waals surface area contributed by atoms with Gasteiger partial charge in [0.2, 0.25) is 0 Å². The largest absolute Gasteiger partial charge is 2.00 e. The fraction of sp³-hybridized carbons (Fsp3) is 0.632. The zero-order chi connectivity index (χ0) is 38.9. The molecule has 0 bridgehead atoms. The summed E-state index contributed by atoms with van der Waals surface area (Å²) in [6, 6.07) is 0. The summed E-state index contributed by atoms with van der Waals surface area (Å²) in [5.74, 6) is 0.958. The van der Waals surface area contributed by atoms with Crippen LogP contribution in [0, 0.1) is 63.2 Å². The Bertz CT molecular complexity index is 1170. The van der Waals surface area contributed by atoms with Crippen molar-refractivity contribution in [3.05, 3.63) is 63.2 Å². The number of hydrogen-bond acceptors (Lipinski definition) is 16. The van der Waals surface area contributed by atoms with Crippen LogP contribution in [0.1, 0.15) is 40.5 Å². The summed E-state index contributed by atoms with van der Waals surface area (Å²) >= 11 is 2.75. The number of rotatable bonds is 18. The molecule has 4 saturated heterocycles.